The first-order valence-corrected chi connectivity index (χ1v) is 8.66. The minimum absolute atomic E-state index is 0. The summed E-state index contributed by atoms with van der Waals surface area (Å²) < 4.78 is 11.9. The number of ether oxygens (including phenoxy) is 2. The molecule has 136 valence electrons. The molecule has 1 aliphatic heterocycles. The molecule has 4 nitrogen and oxygen atoms in total. The van der Waals surface area contributed by atoms with Crippen LogP contribution in [0.5, 0.6) is 5.75 Å². The fourth-order valence-corrected chi connectivity index (χ4v) is 3.26. The molecular formula is C20H27ClN2O2. The van der Waals surface area contributed by atoms with Gasteiger partial charge in [-0.05, 0) is 43.7 Å². The predicted octanol–water partition coefficient (Wildman–Crippen LogP) is 3.81. The van der Waals surface area contributed by atoms with Crippen molar-refractivity contribution in [3.05, 3.63) is 60.4 Å². The van der Waals surface area contributed by atoms with Gasteiger partial charge in [-0.2, -0.15) is 0 Å². The van der Waals surface area contributed by atoms with Crippen LogP contribution in [0.25, 0.3) is 0 Å². The van der Waals surface area contributed by atoms with Crippen molar-refractivity contribution in [3.63, 3.8) is 0 Å². The lowest BCUT2D eigenvalue weighted by atomic mass is 9.89. The van der Waals surface area contributed by atoms with Gasteiger partial charge < -0.3 is 9.47 Å². The second-order valence-electron chi connectivity index (χ2n) is 6.56. The average Bonchev–Trinajstić information content (AvgIpc) is 3.03. The standard InChI is InChI=1S/C20H26N2O2.ClH/c1-2-23-16-20(17-24-19-8-4-3-5-9-19)10-12-22(15-20)14-18-7-6-11-21-13-18;/h3-9,11,13H,2,10,12,14-17H2,1H3;1H/t20-;/m0./s1. The van der Waals surface area contributed by atoms with Gasteiger partial charge >= 0.3 is 0 Å². The lowest BCUT2D eigenvalue weighted by Crippen LogP contribution is -2.37. The van der Waals surface area contributed by atoms with Gasteiger partial charge in [-0.3, -0.25) is 9.88 Å². The molecule has 1 aromatic carbocycles. The Kier molecular flexibility index (Phi) is 7.69. The molecule has 0 N–H and O–H groups in total. The molecule has 0 bridgehead atoms. The van der Waals surface area contributed by atoms with E-state index >= 15 is 0 Å². The maximum Gasteiger partial charge on any atom is 0.119 e. The summed E-state index contributed by atoms with van der Waals surface area (Å²) in [4.78, 5) is 6.69. The van der Waals surface area contributed by atoms with E-state index < -0.39 is 0 Å². The number of benzene rings is 1. The van der Waals surface area contributed by atoms with Gasteiger partial charge in [0.25, 0.3) is 0 Å². The van der Waals surface area contributed by atoms with Gasteiger partial charge in [-0.15, -0.1) is 12.4 Å². The minimum Gasteiger partial charge on any atom is -0.493 e. The lowest BCUT2D eigenvalue weighted by Gasteiger charge is -2.29. The highest BCUT2D eigenvalue weighted by molar-refractivity contribution is 5.85. The summed E-state index contributed by atoms with van der Waals surface area (Å²) in [5.74, 6) is 0.930. The zero-order chi connectivity index (χ0) is 16.7. The van der Waals surface area contributed by atoms with E-state index in [-0.39, 0.29) is 17.8 Å². The van der Waals surface area contributed by atoms with E-state index in [4.69, 9.17) is 9.47 Å². The summed E-state index contributed by atoms with van der Waals surface area (Å²) in [5, 5.41) is 0. The zero-order valence-electron chi connectivity index (χ0n) is 14.8. The first kappa shape index (κ1) is 19.7. The summed E-state index contributed by atoms with van der Waals surface area (Å²) in [6, 6.07) is 14.2. The predicted molar refractivity (Wildman–Crippen MR) is 102 cm³/mol. The summed E-state index contributed by atoms with van der Waals surface area (Å²) in [7, 11) is 0. The molecule has 1 atom stereocenters. The number of hydrogen-bond donors (Lipinski definition) is 0. The van der Waals surface area contributed by atoms with E-state index in [1.807, 2.05) is 55.7 Å². The van der Waals surface area contributed by atoms with Crippen LogP contribution in [0, 0.1) is 5.41 Å². The van der Waals surface area contributed by atoms with E-state index in [0.29, 0.717) is 6.61 Å². The molecule has 0 aliphatic carbocycles. The van der Waals surface area contributed by atoms with Crippen molar-refractivity contribution in [3.8, 4) is 5.75 Å². The molecule has 2 aromatic rings. The normalized spacial score (nSPS) is 20.2. The molecule has 1 aliphatic rings. The van der Waals surface area contributed by atoms with Gasteiger partial charge in [0, 0.05) is 37.5 Å². The Bertz CT molecular complexity index is 612. The van der Waals surface area contributed by atoms with Gasteiger partial charge in [0.1, 0.15) is 5.75 Å². The van der Waals surface area contributed by atoms with Gasteiger partial charge in [-0.1, -0.05) is 24.3 Å². The molecule has 1 saturated heterocycles. The summed E-state index contributed by atoms with van der Waals surface area (Å²) in [6.45, 7) is 7.24. The van der Waals surface area contributed by atoms with Crippen molar-refractivity contribution in [1.82, 2.24) is 9.88 Å². The molecular weight excluding hydrogens is 336 g/mol. The van der Waals surface area contributed by atoms with Crippen LogP contribution >= 0.6 is 12.4 Å². The van der Waals surface area contributed by atoms with Crippen molar-refractivity contribution < 1.29 is 9.47 Å². The fraction of sp³-hybridized carbons (Fsp3) is 0.450. The summed E-state index contributed by atoms with van der Waals surface area (Å²) in [6.07, 6.45) is 4.86. The van der Waals surface area contributed by atoms with Crippen molar-refractivity contribution in [2.75, 3.05) is 32.9 Å². The molecule has 0 unspecified atom stereocenters. The molecule has 1 fully saturated rings. The van der Waals surface area contributed by atoms with Crippen LogP contribution in [0.2, 0.25) is 0 Å². The van der Waals surface area contributed by atoms with Gasteiger partial charge in [0.15, 0.2) is 0 Å². The number of para-hydroxylation sites is 1. The van der Waals surface area contributed by atoms with E-state index in [1.54, 1.807) is 0 Å². The van der Waals surface area contributed by atoms with Gasteiger partial charge in [0.2, 0.25) is 0 Å². The fourth-order valence-electron chi connectivity index (χ4n) is 3.26. The maximum absolute atomic E-state index is 6.07. The van der Waals surface area contributed by atoms with Crippen molar-refractivity contribution in [2.24, 2.45) is 5.41 Å². The Morgan fingerprint density at radius 1 is 1.12 bits per heavy atom. The van der Waals surface area contributed by atoms with Gasteiger partial charge in [-0.25, -0.2) is 0 Å². The van der Waals surface area contributed by atoms with Crippen molar-refractivity contribution in [1.29, 1.82) is 0 Å². The highest BCUT2D eigenvalue weighted by Crippen LogP contribution is 2.32. The first-order chi connectivity index (χ1) is 11.8. The molecule has 25 heavy (non-hydrogen) atoms. The second kappa shape index (κ2) is 9.76. The van der Waals surface area contributed by atoms with E-state index in [1.165, 1.54) is 5.56 Å². The largest absolute Gasteiger partial charge is 0.493 e. The Balaban J connectivity index is 0.00000225. The lowest BCUT2D eigenvalue weighted by molar-refractivity contribution is 0.0234. The molecule has 5 heteroatoms. The Morgan fingerprint density at radius 2 is 1.96 bits per heavy atom. The monoisotopic (exact) mass is 362 g/mol. The number of hydrogen-bond acceptors (Lipinski definition) is 4. The third kappa shape index (κ3) is 5.70. The van der Waals surface area contributed by atoms with Crippen LogP contribution in [0.3, 0.4) is 0 Å². The Morgan fingerprint density at radius 3 is 2.68 bits per heavy atom. The third-order valence-electron chi connectivity index (χ3n) is 4.55. The maximum atomic E-state index is 6.07. The van der Waals surface area contributed by atoms with Crippen molar-refractivity contribution >= 4 is 12.4 Å². The number of nitrogens with zero attached hydrogens (tertiary/aromatic N) is 2. The molecule has 3 rings (SSSR count). The number of halogens is 1. The van der Waals surface area contributed by atoms with Crippen LogP contribution < -0.4 is 4.74 Å². The quantitative estimate of drug-likeness (QED) is 0.715. The zero-order valence-corrected chi connectivity index (χ0v) is 15.6. The van der Waals surface area contributed by atoms with Crippen LogP contribution in [0.15, 0.2) is 54.9 Å². The Hall–Kier alpha value is -1.62. The number of pyridine rings is 1. The number of rotatable bonds is 8. The topological polar surface area (TPSA) is 34.6 Å². The van der Waals surface area contributed by atoms with Crippen LogP contribution in [-0.2, 0) is 11.3 Å². The molecule has 2 heterocycles. The molecule has 0 spiro atoms. The highest BCUT2D eigenvalue weighted by atomic mass is 35.5. The van der Waals surface area contributed by atoms with Crippen molar-refractivity contribution in [2.45, 2.75) is 19.9 Å². The van der Waals surface area contributed by atoms with E-state index in [9.17, 15) is 0 Å². The first-order valence-electron chi connectivity index (χ1n) is 8.66. The van der Waals surface area contributed by atoms with E-state index in [0.717, 1.165) is 45.0 Å². The van der Waals surface area contributed by atoms with Crippen LogP contribution in [-0.4, -0.2) is 42.8 Å². The van der Waals surface area contributed by atoms with E-state index in [2.05, 4.69) is 16.0 Å². The minimum atomic E-state index is 0. The molecule has 1 aromatic heterocycles. The Labute approximate surface area is 156 Å². The summed E-state index contributed by atoms with van der Waals surface area (Å²) >= 11 is 0. The second-order valence-corrected chi connectivity index (χ2v) is 6.56. The SMILES string of the molecule is CCOC[C@]1(COc2ccccc2)CCN(Cc2cccnc2)C1.Cl. The third-order valence-corrected chi connectivity index (χ3v) is 4.55. The number of aromatic nitrogens is 1. The van der Waals surface area contributed by atoms with Crippen LogP contribution in [0.4, 0.5) is 0 Å². The molecule has 0 amide bonds. The average molecular weight is 363 g/mol. The van der Waals surface area contributed by atoms with Gasteiger partial charge in [0.05, 0.1) is 13.2 Å². The molecule has 0 radical (unpaired) electrons. The highest BCUT2D eigenvalue weighted by Gasteiger charge is 2.39. The molecule has 0 saturated carbocycles. The smallest absolute Gasteiger partial charge is 0.119 e. The van der Waals surface area contributed by atoms with Crippen LogP contribution in [0.1, 0.15) is 18.9 Å². The summed E-state index contributed by atoms with van der Waals surface area (Å²) in [5.41, 5.74) is 1.32. The number of likely N-dealkylation sites (tertiary alicyclic amines) is 1.